The third-order valence-corrected chi connectivity index (χ3v) is 3.63. The number of halogens is 3. The van der Waals surface area contributed by atoms with Crippen molar-refractivity contribution in [3.8, 4) is 11.6 Å². The molecule has 0 bridgehead atoms. The van der Waals surface area contributed by atoms with E-state index in [1.807, 2.05) is 0 Å². The van der Waals surface area contributed by atoms with E-state index < -0.39 is 22.9 Å². The van der Waals surface area contributed by atoms with E-state index in [1.54, 1.807) is 6.92 Å². The van der Waals surface area contributed by atoms with Gasteiger partial charge >= 0.3 is 5.69 Å². The van der Waals surface area contributed by atoms with Gasteiger partial charge < -0.3 is 5.11 Å². The number of nitrogens with one attached hydrogen (secondary N) is 1. The molecule has 0 amide bonds. The van der Waals surface area contributed by atoms with E-state index in [2.05, 4.69) is 20.9 Å². The van der Waals surface area contributed by atoms with Crippen molar-refractivity contribution in [3.05, 3.63) is 53.8 Å². The van der Waals surface area contributed by atoms with Crippen LogP contribution in [0, 0.1) is 5.82 Å². The number of aromatic nitrogens is 2. The van der Waals surface area contributed by atoms with Crippen LogP contribution in [-0.2, 0) is 6.42 Å². The van der Waals surface area contributed by atoms with Crippen LogP contribution in [0.2, 0.25) is 5.02 Å². The van der Waals surface area contributed by atoms with E-state index in [1.165, 1.54) is 0 Å². The van der Waals surface area contributed by atoms with E-state index in [0.717, 1.165) is 16.7 Å². The lowest BCUT2D eigenvalue weighted by Crippen LogP contribution is -2.31. The average Bonchev–Trinajstić information content (AvgIpc) is 2.32. The van der Waals surface area contributed by atoms with Crippen molar-refractivity contribution in [2.75, 3.05) is 0 Å². The lowest BCUT2D eigenvalue weighted by atomic mass is 10.2. The van der Waals surface area contributed by atoms with Crippen LogP contribution in [0.25, 0.3) is 5.69 Å². The van der Waals surface area contributed by atoms with Crippen molar-refractivity contribution in [1.29, 1.82) is 0 Å². The SMILES string of the molecule is CCc1c(O)n(-c2c(Cl)cc(F)cc2Br)c(=O)[nH]c1=O. The Kier molecular flexibility index (Phi) is 4.01. The number of rotatable bonds is 2. The molecule has 0 saturated heterocycles. The van der Waals surface area contributed by atoms with E-state index in [4.69, 9.17) is 11.6 Å². The fourth-order valence-corrected chi connectivity index (χ4v) is 2.85. The normalized spacial score (nSPS) is 10.8. The molecule has 0 aliphatic rings. The van der Waals surface area contributed by atoms with Crippen molar-refractivity contribution in [2.45, 2.75) is 13.3 Å². The van der Waals surface area contributed by atoms with Gasteiger partial charge in [-0.3, -0.25) is 9.78 Å². The van der Waals surface area contributed by atoms with Gasteiger partial charge in [0.15, 0.2) is 0 Å². The quantitative estimate of drug-likeness (QED) is 0.860. The fourth-order valence-electron chi connectivity index (χ4n) is 1.84. The van der Waals surface area contributed by atoms with Crippen LogP contribution in [0.5, 0.6) is 5.88 Å². The predicted molar refractivity (Wildman–Crippen MR) is 76.4 cm³/mol. The molecule has 5 nitrogen and oxygen atoms in total. The highest BCUT2D eigenvalue weighted by Crippen LogP contribution is 2.31. The second-order valence-corrected chi connectivity index (χ2v) is 5.23. The summed E-state index contributed by atoms with van der Waals surface area (Å²) in [6, 6.07) is 2.11. The van der Waals surface area contributed by atoms with Crippen molar-refractivity contribution in [1.82, 2.24) is 9.55 Å². The molecule has 20 heavy (non-hydrogen) atoms. The molecule has 0 saturated carbocycles. The number of hydrogen-bond donors (Lipinski definition) is 2. The summed E-state index contributed by atoms with van der Waals surface area (Å²) in [6.07, 6.45) is 0.220. The zero-order valence-corrected chi connectivity index (χ0v) is 12.5. The smallest absolute Gasteiger partial charge is 0.335 e. The highest BCUT2D eigenvalue weighted by molar-refractivity contribution is 9.10. The highest BCUT2D eigenvalue weighted by Gasteiger charge is 2.19. The van der Waals surface area contributed by atoms with Crippen LogP contribution >= 0.6 is 27.5 Å². The summed E-state index contributed by atoms with van der Waals surface area (Å²) < 4.78 is 14.2. The minimum Gasteiger partial charge on any atom is -0.494 e. The minimum atomic E-state index is -0.862. The molecule has 2 N–H and O–H groups in total. The van der Waals surface area contributed by atoms with Crippen LogP contribution in [0.3, 0.4) is 0 Å². The van der Waals surface area contributed by atoms with Crippen molar-refractivity contribution in [3.63, 3.8) is 0 Å². The number of aromatic hydroxyl groups is 1. The van der Waals surface area contributed by atoms with Gasteiger partial charge in [0, 0.05) is 4.47 Å². The Balaban J connectivity index is 2.91. The third kappa shape index (κ3) is 2.38. The first kappa shape index (κ1) is 14.8. The van der Waals surface area contributed by atoms with Crippen LogP contribution in [0.4, 0.5) is 4.39 Å². The van der Waals surface area contributed by atoms with Crippen molar-refractivity contribution < 1.29 is 9.50 Å². The van der Waals surface area contributed by atoms with Crippen LogP contribution < -0.4 is 11.2 Å². The fraction of sp³-hybridized carbons (Fsp3) is 0.167. The van der Waals surface area contributed by atoms with Gasteiger partial charge in [-0.15, -0.1) is 0 Å². The largest absolute Gasteiger partial charge is 0.494 e. The first-order valence-corrected chi connectivity index (χ1v) is 6.76. The summed E-state index contributed by atoms with van der Waals surface area (Å²) in [7, 11) is 0. The Labute approximate surface area is 125 Å². The molecule has 0 aliphatic heterocycles. The van der Waals surface area contributed by atoms with Crippen molar-refractivity contribution in [2.24, 2.45) is 0 Å². The number of nitrogens with zero attached hydrogens (tertiary/aromatic N) is 1. The maximum Gasteiger partial charge on any atom is 0.335 e. The van der Waals surface area contributed by atoms with Gasteiger partial charge in [-0.2, -0.15) is 0 Å². The molecule has 2 rings (SSSR count). The second-order valence-electron chi connectivity index (χ2n) is 3.97. The Bertz CT molecular complexity index is 777. The molecule has 0 atom stereocenters. The summed E-state index contributed by atoms with van der Waals surface area (Å²) in [5, 5.41) is 10.0. The molecule has 1 heterocycles. The summed E-state index contributed by atoms with van der Waals surface area (Å²) in [5.41, 5.74) is -1.43. The molecule has 0 fully saturated rings. The molecular formula is C12H9BrClFN2O3. The summed E-state index contributed by atoms with van der Waals surface area (Å²) >= 11 is 9.00. The van der Waals surface area contributed by atoms with E-state index in [-0.39, 0.29) is 27.2 Å². The molecule has 1 aromatic carbocycles. The van der Waals surface area contributed by atoms with E-state index in [0.29, 0.717) is 0 Å². The zero-order valence-electron chi connectivity index (χ0n) is 10.2. The second kappa shape index (κ2) is 5.41. The van der Waals surface area contributed by atoms with Gasteiger partial charge in [0.2, 0.25) is 5.88 Å². The number of aromatic amines is 1. The van der Waals surface area contributed by atoms with Gasteiger partial charge in [-0.25, -0.2) is 13.8 Å². The highest BCUT2D eigenvalue weighted by atomic mass is 79.9. The van der Waals surface area contributed by atoms with Crippen molar-refractivity contribution >= 4 is 27.5 Å². The summed E-state index contributed by atoms with van der Waals surface area (Å²) in [4.78, 5) is 25.5. The molecule has 0 unspecified atom stereocenters. The lowest BCUT2D eigenvalue weighted by Gasteiger charge is -2.13. The number of H-pyrrole nitrogens is 1. The monoisotopic (exact) mass is 362 g/mol. The molecule has 1 aromatic heterocycles. The average molecular weight is 364 g/mol. The maximum atomic E-state index is 13.2. The van der Waals surface area contributed by atoms with E-state index in [9.17, 15) is 19.1 Å². The molecule has 0 aliphatic carbocycles. The first-order valence-electron chi connectivity index (χ1n) is 5.58. The molecule has 8 heteroatoms. The van der Waals surface area contributed by atoms with Gasteiger partial charge in [-0.05, 0) is 34.5 Å². The molecular weight excluding hydrogens is 354 g/mol. The maximum absolute atomic E-state index is 13.2. The van der Waals surface area contributed by atoms with Gasteiger partial charge in [0.25, 0.3) is 5.56 Å². The zero-order chi connectivity index (χ0) is 15.0. The van der Waals surface area contributed by atoms with Gasteiger partial charge in [0.05, 0.1) is 16.3 Å². The summed E-state index contributed by atoms with van der Waals surface area (Å²) in [5.74, 6) is -1.12. The van der Waals surface area contributed by atoms with Crippen LogP contribution in [-0.4, -0.2) is 14.7 Å². The predicted octanol–water partition coefficient (Wildman–Crippen LogP) is 2.35. The Hall–Kier alpha value is -1.60. The lowest BCUT2D eigenvalue weighted by molar-refractivity contribution is 0.423. The topological polar surface area (TPSA) is 75.1 Å². The van der Waals surface area contributed by atoms with Gasteiger partial charge in [-0.1, -0.05) is 18.5 Å². The van der Waals surface area contributed by atoms with Crippen LogP contribution in [0.15, 0.2) is 26.2 Å². The van der Waals surface area contributed by atoms with Gasteiger partial charge in [0.1, 0.15) is 5.82 Å². The standard InChI is InChI=1S/C12H9BrClFN2O3/c1-2-6-10(18)16-12(20)17(11(6)19)9-7(13)3-5(15)4-8(9)14/h3-4,19H,2H2,1H3,(H,16,18,20). The molecule has 0 spiro atoms. The minimum absolute atomic E-state index is 0.0388. The molecule has 0 radical (unpaired) electrons. The Morgan fingerprint density at radius 1 is 1.45 bits per heavy atom. The van der Waals surface area contributed by atoms with Crippen LogP contribution in [0.1, 0.15) is 12.5 Å². The Morgan fingerprint density at radius 2 is 2.10 bits per heavy atom. The molecule has 2 aromatic rings. The number of hydrogen-bond acceptors (Lipinski definition) is 3. The third-order valence-electron chi connectivity index (χ3n) is 2.74. The summed E-state index contributed by atoms with van der Waals surface area (Å²) in [6.45, 7) is 1.65. The molecule has 106 valence electrons. The Morgan fingerprint density at radius 3 is 2.65 bits per heavy atom. The first-order chi connectivity index (χ1) is 9.36. The number of benzene rings is 1. The van der Waals surface area contributed by atoms with E-state index >= 15 is 0 Å².